The average molecular weight is 274 g/mol. The predicted molar refractivity (Wildman–Crippen MR) is 60.8 cm³/mol. The van der Waals surface area contributed by atoms with E-state index in [9.17, 15) is 14.9 Å². The van der Waals surface area contributed by atoms with Gasteiger partial charge < -0.3 is 0 Å². The van der Waals surface area contributed by atoms with Crippen LogP contribution in [0.15, 0.2) is 18.7 Å². The number of hydrogen-bond donors (Lipinski definition) is 6. The monoisotopic (exact) mass is 274 g/mol. The van der Waals surface area contributed by atoms with E-state index in [1.54, 1.807) is 0 Å². The fourth-order valence-electron chi connectivity index (χ4n) is 1.22. The third-order valence-corrected chi connectivity index (χ3v) is 7.73. The Labute approximate surface area is 92.5 Å². The zero-order valence-corrected chi connectivity index (χ0v) is 10.5. The van der Waals surface area contributed by atoms with Gasteiger partial charge in [-0.2, -0.15) is 0 Å². The summed E-state index contributed by atoms with van der Waals surface area (Å²) < 4.78 is 1.21. The molecule has 0 aromatic carbocycles. The molecule has 16 heavy (non-hydrogen) atoms. The molecule has 10 heteroatoms. The fraction of sp³-hybridized carbons (Fsp3) is 0.500. The summed E-state index contributed by atoms with van der Waals surface area (Å²) in [5.41, 5.74) is 0. The van der Waals surface area contributed by atoms with Crippen LogP contribution in [-0.4, -0.2) is 50.9 Å². The Kier molecular flexibility index (Phi) is 3.69. The molecule has 1 atom stereocenters. The van der Waals surface area contributed by atoms with Crippen molar-refractivity contribution in [3.05, 3.63) is 18.7 Å². The van der Waals surface area contributed by atoms with E-state index in [1.807, 2.05) is 0 Å². The van der Waals surface area contributed by atoms with E-state index in [-0.39, 0.29) is 0 Å². The normalized spacial score (nSPS) is 19.2. The molecule has 0 saturated carbocycles. The van der Waals surface area contributed by atoms with Gasteiger partial charge in [-0.1, -0.05) is 0 Å². The molecule has 1 aromatic heterocycles. The van der Waals surface area contributed by atoms with E-state index < -0.39 is 27.3 Å². The Hall–Kier alpha value is -0.170. The van der Waals surface area contributed by atoms with Crippen LogP contribution in [0.5, 0.6) is 0 Å². The Morgan fingerprint density at radius 3 is 2.12 bits per heavy atom. The topological polar surface area (TPSA) is 139 Å². The van der Waals surface area contributed by atoms with Gasteiger partial charge in [0.2, 0.25) is 0 Å². The van der Waals surface area contributed by atoms with E-state index in [4.69, 9.17) is 14.7 Å². The summed E-state index contributed by atoms with van der Waals surface area (Å²) in [6.07, 6.45) is 3.99. The third-order valence-electron chi connectivity index (χ3n) is 2.31. The van der Waals surface area contributed by atoms with Crippen LogP contribution in [0.3, 0.4) is 0 Å². The van der Waals surface area contributed by atoms with Crippen molar-refractivity contribution in [3.63, 3.8) is 0 Å². The van der Waals surface area contributed by atoms with Crippen molar-refractivity contribution in [2.75, 3.05) is 6.66 Å². The molecule has 0 fully saturated rings. The van der Waals surface area contributed by atoms with Gasteiger partial charge in [0.25, 0.3) is 0 Å². The summed E-state index contributed by atoms with van der Waals surface area (Å²) in [5.74, 6) is 0. The molecule has 0 spiro atoms. The van der Waals surface area contributed by atoms with Gasteiger partial charge in [0, 0.05) is 0 Å². The first kappa shape index (κ1) is 13.9. The van der Waals surface area contributed by atoms with E-state index >= 15 is 0 Å². The molecule has 8 nitrogen and oxygen atoms in total. The van der Waals surface area contributed by atoms with Crippen LogP contribution in [0.2, 0.25) is 0 Å². The quantitative estimate of drug-likeness (QED) is 0.356. The molecular weight excluding hydrogens is 258 g/mol. The maximum atomic E-state index is 9.88. The number of hydrogen-bond acceptors (Lipinski definition) is 7. The maximum absolute atomic E-state index is 9.88. The molecule has 0 saturated heterocycles. The Balaban J connectivity index is 3.07. The second-order valence-corrected chi connectivity index (χ2v) is 9.22. The summed E-state index contributed by atoms with van der Waals surface area (Å²) >= 11 is 0. The van der Waals surface area contributed by atoms with E-state index in [2.05, 4.69) is 4.98 Å². The summed E-state index contributed by atoms with van der Waals surface area (Å²) in [7, 11) is -9.52. The van der Waals surface area contributed by atoms with Crippen molar-refractivity contribution < 1.29 is 29.6 Å². The summed E-state index contributed by atoms with van der Waals surface area (Å²) in [5, 5.41) is 7.16. The van der Waals surface area contributed by atoms with Crippen LogP contribution in [0.1, 0.15) is 0 Å². The predicted octanol–water partition coefficient (Wildman–Crippen LogP) is -1.80. The molecule has 0 aliphatic heterocycles. The molecule has 0 aliphatic rings. The molecule has 1 aromatic rings. The minimum absolute atomic E-state index is 0.557. The van der Waals surface area contributed by atoms with Crippen LogP contribution in [0.25, 0.3) is 0 Å². The molecule has 0 amide bonds. The van der Waals surface area contributed by atoms with Gasteiger partial charge in [0.05, 0.1) is 0 Å². The van der Waals surface area contributed by atoms with Crippen molar-refractivity contribution >= 4 is 15.7 Å². The number of aromatic nitrogens is 2. The number of nitrogens with zero attached hydrogens (tertiary/aromatic N) is 2. The summed E-state index contributed by atoms with van der Waals surface area (Å²) in [4.78, 5) is 50.0. The number of aliphatic hydroxyl groups is 1. The van der Waals surface area contributed by atoms with Crippen LogP contribution < -0.4 is 0 Å². The molecule has 0 aliphatic carbocycles. The zero-order chi connectivity index (χ0) is 12.6. The average Bonchev–Trinajstić information content (AvgIpc) is 2.52. The van der Waals surface area contributed by atoms with Gasteiger partial charge in [-0.05, 0) is 0 Å². The van der Waals surface area contributed by atoms with Gasteiger partial charge in [-0.3, -0.25) is 0 Å². The number of imidazole rings is 1. The van der Waals surface area contributed by atoms with Crippen molar-refractivity contribution in [2.24, 2.45) is 0 Å². The molecule has 1 unspecified atom stereocenters. The van der Waals surface area contributed by atoms with Crippen molar-refractivity contribution in [3.8, 4) is 0 Å². The molecule has 1 heterocycles. The summed E-state index contributed by atoms with van der Waals surface area (Å²) in [6, 6.07) is 0. The van der Waals surface area contributed by atoms with E-state index in [1.165, 1.54) is 23.3 Å². The van der Waals surface area contributed by atoms with Gasteiger partial charge in [-0.15, -0.1) is 0 Å². The standard InChI is InChI=1S/C6H16N2O6P2/c1-15(10,11)6(9,16(12,13)14)4-8-3-2-7-5-8/h2-3,5,9-16H,4H2,1H3. The Bertz CT molecular complexity index is 329. The van der Waals surface area contributed by atoms with Crippen molar-refractivity contribution in [1.29, 1.82) is 0 Å². The minimum atomic E-state index is -5.13. The van der Waals surface area contributed by atoms with Crippen molar-refractivity contribution in [1.82, 2.24) is 9.55 Å². The molecule has 0 radical (unpaired) electrons. The molecular formula is C6H16N2O6P2. The van der Waals surface area contributed by atoms with Gasteiger partial charge in [0.15, 0.2) is 0 Å². The third kappa shape index (κ3) is 2.56. The van der Waals surface area contributed by atoms with Gasteiger partial charge in [-0.25, -0.2) is 0 Å². The van der Waals surface area contributed by atoms with Crippen LogP contribution >= 0.6 is 15.7 Å². The zero-order valence-electron chi connectivity index (χ0n) is 8.52. The molecule has 6 N–H and O–H groups in total. The first-order valence-corrected chi connectivity index (χ1v) is 8.61. The number of rotatable bonds is 4. The fourth-order valence-corrected chi connectivity index (χ4v) is 4.64. The van der Waals surface area contributed by atoms with Gasteiger partial charge >= 0.3 is 91.8 Å². The summed E-state index contributed by atoms with van der Waals surface area (Å²) in [6.45, 7) is 0.326. The first-order valence-electron chi connectivity index (χ1n) is 4.38. The van der Waals surface area contributed by atoms with E-state index in [0.717, 1.165) is 6.66 Å². The van der Waals surface area contributed by atoms with Crippen LogP contribution in [0, 0.1) is 0 Å². The molecule has 0 bridgehead atoms. The Morgan fingerprint density at radius 1 is 1.25 bits per heavy atom. The molecule has 96 valence electrons. The van der Waals surface area contributed by atoms with Crippen LogP contribution in [-0.2, 0) is 6.54 Å². The Morgan fingerprint density at radius 2 is 1.81 bits per heavy atom. The second-order valence-electron chi connectivity index (χ2n) is 3.75. The second kappa shape index (κ2) is 4.25. The molecule has 1 rings (SSSR count). The SMILES string of the molecule is C[PH](O)(O)C(O)(Cn1ccnc1)[PH](O)(O)O. The van der Waals surface area contributed by atoms with Crippen molar-refractivity contribution in [2.45, 2.75) is 11.6 Å². The van der Waals surface area contributed by atoms with Crippen LogP contribution in [0.4, 0.5) is 0 Å². The van der Waals surface area contributed by atoms with E-state index in [0.29, 0.717) is 0 Å². The first-order chi connectivity index (χ1) is 7.08. The van der Waals surface area contributed by atoms with Gasteiger partial charge in [0.1, 0.15) is 0 Å².